The van der Waals surface area contributed by atoms with E-state index in [-0.39, 0.29) is 24.0 Å². The topological polar surface area (TPSA) is 52.1 Å². The van der Waals surface area contributed by atoms with Crippen LogP contribution in [0.25, 0.3) is 0 Å². The second kappa shape index (κ2) is 13.0. The van der Waals surface area contributed by atoms with Crippen molar-refractivity contribution in [2.24, 2.45) is 4.99 Å². The Balaban J connectivity index is 0.00000280. The number of morpholine rings is 1. The Kier molecular flexibility index (Phi) is 10.7. The van der Waals surface area contributed by atoms with Gasteiger partial charge in [-0.25, -0.2) is 4.99 Å². The fraction of sp³-hybridized carbons (Fsp3) is 0.571. The Morgan fingerprint density at radius 2 is 1.93 bits per heavy atom. The van der Waals surface area contributed by atoms with Gasteiger partial charge in [0, 0.05) is 45.0 Å². The normalized spacial score (nSPS) is 17.5. The van der Waals surface area contributed by atoms with Crippen LogP contribution in [0.3, 0.4) is 0 Å². The summed E-state index contributed by atoms with van der Waals surface area (Å²) in [4.78, 5) is 9.59. The summed E-state index contributed by atoms with van der Waals surface area (Å²) in [6.45, 7) is 11.5. The molecule has 0 amide bonds. The third kappa shape index (κ3) is 7.60. The van der Waals surface area contributed by atoms with E-state index in [0.717, 1.165) is 71.4 Å². The van der Waals surface area contributed by atoms with E-state index in [0.29, 0.717) is 6.54 Å². The molecule has 2 N–H and O–H groups in total. The van der Waals surface area contributed by atoms with E-state index in [1.807, 2.05) is 0 Å². The van der Waals surface area contributed by atoms with Crippen LogP contribution in [0.4, 0.5) is 5.69 Å². The molecule has 0 bridgehead atoms. The zero-order chi connectivity index (χ0) is 18.7. The molecule has 0 radical (unpaired) electrons. The molecule has 0 spiro atoms. The number of halogens is 1. The van der Waals surface area contributed by atoms with Crippen LogP contribution in [0.2, 0.25) is 0 Å². The maximum Gasteiger partial charge on any atom is 0.191 e. The maximum absolute atomic E-state index is 5.40. The molecule has 6 nitrogen and oxygen atoms in total. The van der Waals surface area contributed by atoms with E-state index in [9.17, 15) is 0 Å². The molecule has 2 heterocycles. The van der Waals surface area contributed by atoms with Gasteiger partial charge >= 0.3 is 0 Å². The standard InChI is InChI=1S/C21H33N5O.HI/c1-2-22-21(23-9-6-10-25-13-15-27-16-14-25)24-18-19-7-5-8-20(17-19)26-11-3-4-12-26;/h3-5,7-8,17H,2,6,9-16,18H2,1H3,(H2,22,23,24);1H. The van der Waals surface area contributed by atoms with Crippen LogP contribution in [0.1, 0.15) is 18.9 Å². The minimum atomic E-state index is 0. The lowest BCUT2D eigenvalue weighted by molar-refractivity contribution is 0.0376. The first-order chi connectivity index (χ1) is 13.3. The first-order valence-electron chi connectivity index (χ1n) is 10.2. The Bertz CT molecular complexity index is 623. The molecule has 1 aromatic rings. The summed E-state index contributed by atoms with van der Waals surface area (Å²) in [6, 6.07) is 8.70. The smallest absolute Gasteiger partial charge is 0.191 e. The Morgan fingerprint density at radius 1 is 1.14 bits per heavy atom. The summed E-state index contributed by atoms with van der Waals surface area (Å²) in [6.07, 6.45) is 5.55. The SMILES string of the molecule is CCNC(=NCc1cccc(N2CC=CC2)c1)NCCCN1CCOCC1.I. The molecular formula is C21H34IN5O. The van der Waals surface area contributed by atoms with Crippen molar-refractivity contribution in [2.75, 3.05) is 63.9 Å². The van der Waals surface area contributed by atoms with Crippen molar-refractivity contribution < 1.29 is 4.74 Å². The largest absolute Gasteiger partial charge is 0.379 e. The first-order valence-corrected chi connectivity index (χ1v) is 10.2. The van der Waals surface area contributed by atoms with Gasteiger partial charge in [0.05, 0.1) is 19.8 Å². The van der Waals surface area contributed by atoms with Crippen molar-refractivity contribution in [3.05, 3.63) is 42.0 Å². The van der Waals surface area contributed by atoms with E-state index in [1.54, 1.807) is 0 Å². The summed E-state index contributed by atoms with van der Waals surface area (Å²) >= 11 is 0. The highest BCUT2D eigenvalue weighted by Crippen LogP contribution is 2.18. The van der Waals surface area contributed by atoms with Crippen LogP contribution in [0, 0.1) is 0 Å². The van der Waals surface area contributed by atoms with Crippen molar-refractivity contribution in [1.29, 1.82) is 0 Å². The Labute approximate surface area is 186 Å². The highest BCUT2D eigenvalue weighted by molar-refractivity contribution is 14.0. The Morgan fingerprint density at radius 3 is 2.68 bits per heavy atom. The van der Waals surface area contributed by atoms with Crippen molar-refractivity contribution in [2.45, 2.75) is 19.9 Å². The van der Waals surface area contributed by atoms with Gasteiger partial charge in [-0.1, -0.05) is 24.3 Å². The van der Waals surface area contributed by atoms with Crippen molar-refractivity contribution in [3.63, 3.8) is 0 Å². The first kappa shape index (κ1) is 23.0. The molecular weight excluding hydrogens is 465 g/mol. The van der Waals surface area contributed by atoms with Crippen molar-refractivity contribution >= 4 is 35.6 Å². The van der Waals surface area contributed by atoms with Gasteiger partial charge in [-0.15, -0.1) is 24.0 Å². The van der Waals surface area contributed by atoms with Gasteiger partial charge in [0.25, 0.3) is 0 Å². The maximum atomic E-state index is 5.40. The minimum Gasteiger partial charge on any atom is -0.379 e. The number of anilines is 1. The number of rotatable bonds is 8. The quantitative estimate of drug-likeness (QED) is 0.189. The summed E-state index contributed by atoms with van der Waals surface area (Å²) in [5.74, 6) is 0.896. The molecule has 0 aromatic heterocycles. The van der Waals surface area contributed by atoms with E-state index < -0.39 is 0 Å². The van der Waals surface area contributed by atoms with Gasteiger partial charge in [-0.2, -0.15) is 0 Å². The minimum absolute atomic E-state index is 0. The summed E-state index contributed by atoms with van der Waals surface area (Å²) in [5.41, 5.74) is 2.51. The highest BCUT2D eigenvalue weighted by Gasteiger charge is 2.10. The molecule has 0 unspecified atom stereocenters. The van der Waals surface area contributed by atoms with E-state index >= 15 is 0 Å². The molecule has 2 aliphatic rings. The zero-order valence-corrected chi connectivity index (χ0v) is 19.2. The summed E-state index contributed by atoms with van der Waals surface area (Å²) in [5, 5.41) is 6.81. The third-order valence-corrected chi connectivity index (χ3v) is 4.91. The van der Waals surface area contributed by atoms with Crippen molar-refractivity contribution in [1.82, 2.24) is 15.5 Å². The van der Waals surface area contributed by atoms with Gasteiger partial charge in [0.15, 0.2) is 5.96 Å². The Hall–Kier alpha value is -1.32. The number of benzene rings is 1. The van der Waals surface area contributed by atoms with Crippen molar-refractivity contribution in [3.8, 4) is 0 Å². The van der Waals surface area contributed by atoms with Crippen LogP contribution in [0.15, 0.2) is 41.4 Å². The van der Waals surface area contributed by atoms with Crippen LogP contribution in [-0.4, -0.2) is 69.9 Å². The predicted octanol–water partition coefficient (Wildman–Crippen LogP) is 2.46. The second-order valence-corrected chi connectivity index (χ2v) is 6.98. The van der Waals surface area contributed by atoms with Crippen LogP contribution >= 0.6 is 24.0 Å². The molecule has 0 atom stereocenters. The third-order valence-electron chi connectivity index (χ3n) is 4.91. The number of aliphatic imine (C=N–C) groups is 1. The molecule has 3 rings (SSSR count). The number of ether oxygens (including phenoxy) is 1. The second-order valence-electron chi connectivity index (χ2n) is 6.98. The van der Waals surface area contributed by atoms with E-state index in [1.165, 1.54) is 11.3 Å². The lowest BCUT2D eigenvalue weighted by Crippen LogP contribution is -2.40. The molecule has 1 saturated heterocycles. The predicted molar refractivity (Wildman–Crippen MR) is 128 cm³/mol. The number of nitrogens with zero attached hydrogens (tertiary/aromatic N) is 3. The fourth-order valence-electron chi connectivity index (χ4n) is 3.39. The zero-order valence-electron chi connectivity index (χ0n) is 16.9. The summed E-state index contributed by atoms with van der Waals surface area (Å²) < 4.78 is 5.40. The fourth-order valence-corrected chi connectivity index (χ4v) is 3.39. The average Bonchev–Trinajstić information content (AvgIpc) is 3.25. The molecule has 1 fully saturated rings. The monoisotopic (exact) mass is 499 g/mol. The summed E-state index contributed by atoms with van der Waals surface area (Å²) in [7, 11) is 0. The molecule has 156 valence electrons. The number of hydrogen-bond acceptors (Lipinski definition) is 4. The lowest BCUT2D eigenvalue weighted by atomic mass is 10.2. The van der Waals surface area contributed by atoms with Crippen LogP contribution < -0.4 is 15.5 Å². The van der Waals surface area contributed by atoms with Gasteiger partial charge in [0.2, 0.25) is 0 Å². The van der Waals surface area contributed by atoms with Gasteiger partial charge in [-0.3, -0.25) is 4.90 Å². The average molecular weight is 499 g/mol. The van der Waals surface area contributed by atoms with E-state index in [4.69, 9.17) is 9.73 Å². The number of nitrogens with one attached hydrogen (secondary N) is 2. The molecule has 2 aliphatic heterocycles. The number of guanidine groups is 1. The molecule has 0 saturated carbocycles. The molecule has 28 heavy (non-hydrogen) atoms. The van der Waals surface area contributed by atoms with Gasteiger partial charge in [0.1, 0.15) is 0 Å². The van der Waals surface area contributed by atoms with E-state index in [2.05, 4.69) is 63.8 Å². The molecule has 7 heteroatoms. The van der Waals surface area contributed by atoms with Gasteiger partial charge in [-0.05, 0) is 37.6 Å². The number of hydrogen-bond donors (Lipinski definition) is 2. The lowest BCUT2D eigenvalue weighted by Gasteiger charge is -2.26. The van der Waals surface area contributed by atoms with Gasteiger partial charge < -0.3 is 20.3 Å². The van der Waals surface area contributed by atoms with Crippen LogP contribution in [-0.2, 0) is 11.3 Å². The van der Waals surface area contributed by atoms with Crippen LogP contribution in [0.5, 0.6) is 0 Å². The molecule has 1 aromatic carbocycles. The highest BCUT2D eigenvalue weighted by atomic mass is 127. The molecule has 0 aliphatic carbocycles.